The van der Waals surface area contributed by atoms with Crippen LogP contribution in [0.1, 0.15) is 10.4 Å². The molecule has 3 nitrogen and oxygen atoms in total. The lowest BCUT2D eigenvalue weighted by Crippen LogP contribution is -2.22. The van der Waals surface area contributed by atoms with Gasteiger partial charge in [0.25, 0.3) is 0 Å². The zero-order valence-corrected chi connectivity index (χ0v) is 7.21. The summed E-state index contributed by atoms with van der Waals surface area (Å²) in [6.07, 6.45) is -4.90. The fourth-order valence-corrected chi connectivity index (χ4v) is 0.880. The predicted molar refractivity (Wildman–Crippen MR) is 45.5 cm³/mol. The summed E-state index contributed by atoms with van der Waals surface area (Å²) >= 11 is 0. The van der Waals surface area contributed by atoms with Crippen molar-refractivity contribution in [2.24, 2.45) is 0 Å². The summed E-state index contributed by atoms with van der Waals surface area (Å²) in [5, 5.41) is 8.52. The van der Waals surface area contributed by atoms with Gasteiger partial charge in [0.05, 0.1) is 5.56 Å². The molecule has 0 heterocycles. The van der Waals surface area contributed by atoms with E-state index in [4.69, 9.17) is 13.0 Å². The first-order valence-corrected chi connectivity index (χ1v) is 3.68. The molecule has 1 N–H and O–H groups in total. The molecule has 0 spiro atoms. The fourth-order valence-electron chi connectivity index (χ4n) is 0.880. The number of hydrogen-bond donors (Lipinski definition) is 1. The molecule has 0 fully saturated rings. The lowest BCUT2D eigenvalue weighted by molar-refractivity contribution is -0.274. The number of rotatable bonds is 2. The second-order valence-electron chi connectivity index (χ2n) is 2.61. The first-order chi connectivity index (χ1) is 6.79. The SMILES string of the molecule is [B]c1ccc(C(=O)O)cc1OC(F)(F)F. The second-order valence-corrected chi connectivity index (χ2v) is 2.61. The topological polar surface area (TPSA) is 46.5 Å². The van der Waals surface area contributed by atoms with Gasteiger partial charge in [0.15, 0.2) is 0 Å². The highest BCUT2D eigenvalue weighted by Gasteiger charge is 2.31. The summed E-state index contributed by atoms with van der Waals surface area (Å²) in [5.41, 5.74) is -0.610. The lowest BCUT2D eigenvalue weighted by atomic mass is 9.94. The summed E-state index contributed by atoms with van der Waals surface area (Å²) in [7, 11) is 5.18. The number of aromatic carboxylic acids is 1. The van der Waals surface area contributed by atoms with Crippen molar-refractivity contribution in [3.8, 4) is 5.75 Å². The van der Waals surface area contributed by atoms with E-state index in [0.29, 0.717) is 6.07 Å². The molecular weight excluding hydrogens is 212 g/mol. The largest absolute Gasteiger partial charge is 0.573 e. The molecule has 7 heteroatoms. The molecule has 0 aliphatic rings. The highest BCUT2D eigenvalue weighted by Crippen LogP contribution is 2.21. The average molecular weight is 216 g/mol. The molecule has 0 bridgehead atoms. The molecule has 0 saturated carbocycles. The first-order valence-electron chi connectivity index (χ1n) is 3.68. The van der Waals surface area contributed by atoms with Crippen LogP contribution in [0, 0.1) is 0 Å². The van der Waals surface area contributed by atoms with Gasteiger partial charge in [-0.05, 0) is 12.1 Å². The van der Waals surface area contributed by atoms with Crippen LogP contribution in [0.4, 0.5) is 13.2 Å². The number of alkyl halides is 3. The molecular formula is C8H4BF3O3. The van der Waals surface area contributed by atoms with Crippen LogP contribution in [-0.4, -0.2) is 25.3 Å². The van der Waals surface area contributed by atoms with Crippen LogP contribution < -0.4 is 10.2 Å². The van der Waals surface area contributed by atoms with E-state index in [1.165, 1.54) is 0 Å². The molecule has 15 heavy (non-hydrogen) atoms. The number of halogens is 3. The van der Waals surface area contributed by atoms with Gasteiger partial charge in [-0.1, -0.05) is 11.5 Å². The van der Waals surface area contributed by atoms with Crippen LogP contribution in [0.2, 0.25) is 0 Å². The van der Waals surface area contributed by atoms with E-state index in [9.17, 15) is 18.0 Å². The number of ether oxygens (including phenoxy) is 1. The maximum atomic E-state index is 11.8. The molecule has 0 aromatic heterocycles. The zero-order chi connectivity index (χ0) is 11.6. The molecule has 1 aromatic carbocycles. The van der Waals surface area contributed by atoms with E-state index in [1.54, 1.807) is 0 Å². The van der Waals surface area contributed by atoms with Gasteiger partial charge in [-0.2, -0.15) is 0 Å². The predicted octanol–water partition coefficient (Wildman–Crippen LogP) is 1.08. The van der Waals surface area contributed by atoms with Crippen LogP contribution in [-0.2, 0) is 0 Å². The normalized spacial score (nSPS) is 11.1. The molecule has 0 unspecified atom stereocenters. The molecule has 78 valence electrons. The van der Waals surface area contributed by atoms with E-state index in [0.717, 1.165) is 12.1 Å². The molecule has 0 amide bonds. The van der Waals surface area contributed by atoms with Gasteiger partial charge in [0.2, 0.25) is 0 Å². The highest BCUT2D eigenvalue weighted by atomic mass is 19.4. The number of carboxylic acids is 1. The Hall–Kier alpha value is -1.66. The fraction of sp³-hybridized carbons (Fsp3) is 0.125. The highest BCUT2D eigenvalue weighted by molar-refractivity contribution is 6.34. The van der Waals surface area contributed by atoms with Gasteiger partial charge in [0.1, 0.15) is 13.6 Å². The van der Waals surface area contributed by atoms with Crippen molar-refractivity contribution >= 4 is 19.3 Å². The molecule has 1 rings (SSSR count). The van der Waals surface area contributed by atoms with Gasteiger partial charge < -0.3 is 9.84 Å². The van der Waals surface area contributed by atoms with Gasteiger partial charge in [0, 0.05) is 0 Å². The maximum Gasteiger partial charge on any atom is 0.573 e. The van der Waals surface area contributed by atoms with Crippen molar-refractivity contribution in [1.29, 1.82) is 0 Å². The van der Waals surface area contributed by atoms with Crippen LogP contribution in [0.15, 0.2) is 18.2 Å². The van der Waals surface area contributed by atoms with Gasteiger partial charge in [-0.3, -0.25) is 0 Å². The van der Waals surface area contributed by atoms with Gasteiger partial charge in [-0.25, -0.2) is 4.79 Å². The summed E-state index contributed by atoms with van der Waals surface area (Å²) < 4.78 is 39.0. The summed E-state index contributed by atoms with van der Waals surface area (Å²) in [6, 6.07) is 2.83. The van der Waals surface area contributed by atoms with E-state index in [-0.39, 0.29) is 11.0 Å². The summed E-state index contributed by atoms with van der Waals surface area (Å²) in [5.74, 6) is -2.08. The number of hydrogen-bond acceptors (Lipinski definition) is 2. The second kappa shape index (κ2) is 3.84. The first kappa shape index (κ1) is 11.4. The van der Waals surface area contributed by atoms with E-state index >= 15 is 0 Å². The van der Waals surface area contributed by atoms with Crippen LogP contribution in [0.5, 0.6) is 5.75 Å². The van der Waals surface area contributed by atoms with Crippen molar-refractivity contribution < 1.29 is 27.8 Å². The Labute approximate surface area is 83.9 Å². The Morgan fingerprint density at radius 1 is 1.40 bits per heavy atom. The van der Waals surface area contributed by atoms with E-state index < -0.39 is 18.1 Å². The minimum Gasteiger partial charge on any atom is -0.478 e. The Bertz CT molecular complexity index is 389. The third-order valence-electron chi connectivity index (χ3n) is 1.49. The minimum atomic E-state index is -4.90. The van der Waals surface area contributed by atoms with Crippen molar-refractivity contribution in [2.45, 2.75) is 6.36 Å². The van der Waals surface area contributed by atoms with Crippen molar-refractivity contribution in [2.75, 3.05) is 0 Å². The molecule has 0 aliphatic heterocycles. The third-order valence-corrected chi connectivity index (χ3v) is 1.49. The maximum absolute atomic E-state index is 11.8. The van der Waals surface area contributed by atoms with Gasteiger partial charge >= 0.3 is 12.3 Å². The van der Waals surface area contributed by atoms with Crippen molar-refractivity contribution in [3.05, 3.63) is 23.8 Å². The Morgan fingerprint density at radius 2 is 2.00 bits per heavy atom. The third kappa shape index (κ3) is 3.19. The zero-order valence-electron chi connectivity index (χ0n) is 7.21. The molecule has 0 saturated heterocycles. The van der Waals surface area contributed by atoms with Gasteiger partial charge in [-0.15, -0.1) is 13.2 Å². The lowest BCUT2D eigenvalue weighted by Gasteiger charge is -2.11. The molecule has 0 atom stereocenters. The van der Waals surface area contributed by atoms with Crippen molar-refractivity contribution in [3.63, 3.8) is 0 Å². The van der Waals surface area contributed by atoms with E-state index in [2.05, 4.69) is 4.74 Å². The number of carboxylic acid groups (broad SMARTS) is 1. The quantitative estimate of drug-likeness (QED) is 0.752. The Balaban J connectivity index is 3.06. The summed E-state index contributed by atoms with van der Waals surface area (Å²) in [6.45, 7) is 0. The van der Waals surface area contributed by atoms with Crippen LogP contribution in [0.25, 0.3) is 0 Å². The van der Waals surface area contributed by atoms with Crippen molar-refractivity contribution in [1.82, 2.24) is 0 Å². The molecule has 2 radical (unpaired) electrons. The molecule has 0 aliphatic carbocycles. The monoisotopic (exact) mass is 216 g/mol. The van der Waals surface area contributed by atoms with Crippen LogP contribution in [0.3, 0.4) is 0 Å². The Kier molecular flexibility index (Phi) is 2.92. The molecule has 1 aromatic rings. The standard InChI is InChI=1S/C8H4BF3O3/c9-5-2-1-4(7(13)14)3-6(5)15-8(10,11)12/h1-3H,(H,13,14). The summed E-state index contributed by atoms with van der Waals surface area (Å²) in [4.78, 5) is 10.5. The number of benzene rings is 1. The number of carbonyl (C=O) groups is 1. The van der Waals surface area contributed by atoms with E-state index in [1.807, 2.05) is 0 Å². The smallest absolute Gasteiger partial charge is 0.478 e. The Morgan fingerprint density at radius 3 is 2.47 bits per heavy atom. The minimum absolute atomic E-state index is 0.280. The average Bonchev–Trinajstić information content (AvgIpc) is 2.06. The van der Waals surface area contributed by atoms with Crippen LogP contribution >= 0.6 is 0 Å².